The highest BCUT2D eigenvalue weighted by Gasteiger charge is 2.17. The van der Waals surface area contributed by atoms with Gasteiger partial charge in [-0.2, -0.15) is 0 Å². The van der Waals surface area contributed by atoms with Gasteiger partial charge in [0.15, 0.2) is 0 Å². The molecule has 0 heterocycles. The first-order valence-electron chi connectivity index (χ1n) is 3.39. The van der Waals surface area contributed by atoms with Gasteiger partial charge < -0.3 is 5.73 Å². The van der Waals surface area contributed by atoms with Crippen LogP contribution in [0.4, 0.5) is 0 Å². The maximum Gasteiger partial charge on any atom is 0.251 e. The monoisotopic (exact) mass is 145 g/mol. The SMILES string of the molecule is CC[C@H](C)[C@H](N)C(=O)NN. The van der Waals surface area contributed by atoms with Crippen LogP contribution >= 0.6 is 0 Å². The van der Waals surface area contributed by atoms with Crippen LogP contribution in [0.3, 0.4) is 0 Å². The number of hydrazine groups is 1. The lowest BCUT2D eigenvalue weighted by atomic mass is 10.00. The molecular formula is C6H15N3O. The number of nitrogens with one attached hydrogen (secondary N) is 1. The molecule has 0 saturated heterocycles. The van der Waals surface area contributed by atoms with Gasteiger partial charge in [-0.05, 0) is 5.92 Å². The molecule has 5 N–H and O–H groups in total. The van der Waals surface area contributed by atoms with Gasteiger partial charge in [-0.1, -0.05) is 20.3 Å². The zero-order valence-electron chi connectivity index (χ0n) is 6.42. The van der Waals surface area contributed by atoms with Crippen molar-refractivity contribution in [1.82, 2.24) is 5.43 Å². The Bertz CT molecular complexity index is 116. The van der Waals surface area contributed by atoms with E-state index in [1.54, 1.807) is 0 Å². The number of hydrogen-bond donors (Lipinski definition) is 3. The average molecular weight is 145 g/mol. The van der Waals surface area contributed by atoms with E-state index in [0.29, 0.717) is 0 Å². The summed E-state index contributed by atoms with van der Waals surface area (Å²) in [5.74, 6) is 4.77. The molecule has 1 amide bonds. The summed E-state index contributed by atoms with van der Waals surface area (Å²) in [5.41, 5.74) is 7.51. The van der Waals surface area contributed by atoms with Crippen molar-refractivity contribution in [2.75, 3.05) is 0 Å². The lowest BCUT2D eigenvalue weighted by Gasteiger charge is -2.15. The van der Waals surface area contributed by atoms with Crippen LogP contribution in [0, 0.1) is 5.92 Å². The minimum absolute atomic E-state index is 0.184. The van der Waals surface area contributed by atoms with E-state index >= 15 is 0 Å². The van der Waals surface area contributed by atoms with E-state index in [1.165, 1.54) is 0 Å². The molecule has 0 aromatic carbocycles. The van der Waals surface area contributed by atoms with Crippen molar-refractivity contribution in [1.29, 1.82) is 0 Å². The maximum atomic E-state index is 10.8. The Balaban J connectivity index is 3.81. The first kappa shape index (κ1) is 9.39. The molecule has 0 bridgehead atoms. The van der Waals surface area contributed by atoms with E-state index in [2.05, 4.69) is 0 Å². The first-order valence-corrected chi connectivity index (χ1v) is 3.39. The van der Waals surface area contributed by atoms with Crippen LogP contribution in [-0.4, -0.2) is 11.9 Å². The Labute approximate surface area is 60.9 Å². The summed E-state index contributed by atoms with van der Waals surface area (Å²) in [4.78, 5) is 10.8. The van der Waals surface area contributed by atoms with Gasteiger partial charge in [0.25, 0.3) is 5.91 Å². The summed E-state index contributed by atoms with van der Waals surface area (Å²) >= 11 is 0. The summed E-state index contributed by atoms with van der Waals surface area (Å²) in [7, 11) is 0. The third-order valence-electron chi connectivity index (χ3n) is 1.70. The highest BCUT2D eigenvalue weighted by atomic mass is 16.2. The van der Waals surface area contributed by atoms with Gasteiger partial charge in [0.1, 0.15) is 0 Å². The molecule has 0 aliphatic heterocycles. The van der Waals surface area contributed by atoms with Gasteiger partial charge >= 0.3 is 0 Å². The Morgan fingerprint density at radius 3 is 2.50 bits per heavy atom. The maximum absolute atomic E-state index is 10.8. The van der Waals surface area contributed by atoms with Crippen molar-refractivity contribution in [3.63, 3.8) is 0 Å². The molecule has 0 fully saturated rings. The normalized spacial score (nSPS) is 16.0. The second kappa shape index (κ2) is 4.24. The number of carbonyl (C=O) groups excluding carboxylic acids is 1. The van der Waals surface area contributed by atoms with Gasteiger partial charge in [0.05, 0.1) is 6.04 Å². The molecule has 4 nitrogen and oxygen atoms in total. The van der Waals surface area contributed by atoms with E-state index in [1.807, 2.05) is 19.3 Å². The second-order valence-electron chi connectivity index (χ2n) is 2.42. The van der Waals surface area contributed by atoms with Crippen molar-refractivity contribution in [3.8, 4) is 0 Å². The van der Waals surface area contributed by atoms with E-state index < -0.39 is 6.04 Å². The van der Waals surface area contributed by atoms with Crippen LogP contribution in [0.2, 0.25) is 0 Å². The minimum atomic E-state index is -0.477. The topological polar surface area (TPSA) is 81.1 Å². The molecule has 0 unspecified atom stereocenters. The second-order valence-corrected chi connectivity index (χ2v) is 2.42. The standard InChI is InChI=1S/C6H15N3O/c1-3-4(2)5(7)6(10)9-8/h4-5H,3,7-8H2,1-2H3,(H,9,10)/t4-,5-/m0/s1. The fourth-order valence-electron chi connectivity index (χ4n) is 0.609. The molecule has 0 saturated carbocycles. The van der Waals surface area contributed by atoms with Gasteiger partial charge in [0.2, 0.25) is 0 Å². The summed E-state index contributed by atoms with van der Waals surface area (Å²) in [6.07, 6.45) is 0.884. The Hall–Kier alpha value is -0.610. The van der Waals surface area contributed by atoms with E-state index in [9.17, 15) is 4.79 Å². The minimum Gasteiger partial charge on any atom is -0.320 e. The van der Waals surface area contributed by atoms with Crippen LogP contribution < -0.4 is 17.0 Å². The fourth-order valence-corrected chi connectivity index (χ4v) is 0.609. The number of nitrogens with two attached hydrogens (primary N) is 2. The summed E-state index contributed by atoms with van der Waals surface area (Å²) < 4.78 is 0. The third kappa shape index (κ3) is 2.33. The molecule has 2 atom stereocenters. The van der Waals surface area contributed by atoms with Crippen molar-refractivity contribution in [2.24, 2.45) is 17.5 Å². The Morgan fingerprint density at radius 2 is 2.20 bits per heavy atom. The highest BCUT2D eigenvalue weighted by molar-refractivity contribution is 5.81. The average Bonchev–Trinajstić information content (AvgIpc) is 2.00. The van der Waals surface area contributed by atoms with Crippen LogP contribution in [0.5, 0.6) is 0 Å². The summed E-state index contributed by atoms with van der Waals surface area (Å²) in [5, 5.41) is 0. The molecule has 0 aromatic heterocycles. The quantitative estimate of drug-likeness (QED) is 0.280. The molecule has 0 rings (SSSR count). The molecule has 0 spiro atoms. The molecule has 0 aromatic rings. The van der Waals surface area contributed by atoms with Crippen molar-refractivity contribution in [2.45, 2.75) is 26.3 Å². The number of hydrogen-bond acceptors (Lipinski definition) is 3. The van der Waals surface area contributed by atoms with Crippen molar-refractivity contribution < 1.29 is 4.79 Å². The summed E-state index contributed by atoms with van der Waals surface area (Å²) in [6.45, 7) is 3.90. The summed E-state index contributed by atoms with van der Waals surface area (Å²) in [6, 6.07) is -0.477. The third-order valence-corrected chi connectivity index (χ3v) is 1.70. The zero-order valence-corrected chi connectivity index (χ0v) is 6.42. The lowest BCUT2D eigenvalue weighted by Crippen LogP contribution is -2.47. The number of rotatable bonds is 3. The predicted molar refractivity (Wildman–Crippen MR) is 39.8 cm³/mol. The van der Waals surface area contributed by atoms with Gasteiger partial charge in [0, 0.05) is 0 Å². The van der Waals surface area contributed by atoms with Gasteiger partial charge in [-0.3, -0.25) is 10.2 Å². The molecule has 4 heteroatoms. The largest absolute Gasteiger partial charge is 0.320 e. The highest BCUT2D eigenvalue weighted by Crippen LogP contribution is 2.04. The fraction of sp³-hybridized carbons (Fsp3) is 0.833. The number of amides is 1. The van der Waals surface area contributed by atoms with E-state index in [0.717, 1.165) is 6.42 Å². The number of carbonyl (C=O) groups is 1. The van der Waals surface area contributed by atoms with Crippen molar-refractivity contribution >= 4 is 5.91 Å². The van der Waals surface area contributed by atoms with Crippen molar-refractivity contribution in [3.05, 3.63) is 0 Å². The smallest absolute Gasteiger partial charge is 0.251 e. The Morgan fingerprint density at radius 1 is 1.70 bits per heavy atom. The molecule has 10 heavy (non-hydrogen) atoms. The van der Waals surface area contributed by atoms with Crippen LogP contribution in [0.1, 0.15) is 20.3 Å². The predicted octanol–water partition coefficient (Wildman–Crippen LogP) is -0.650. The Kier molecular flexibility index (Phi) is 3.99. The van der Waals surface area contributed by atoms with Crippen LogP contribution in [0.15, 0.2) is 0 Å². The van der Waals surface area contributed by atoms with Crippen LogP contribution in [-0.2, 0) is 4.79 Å². The zero-order chi connectivity index (χ0) is 8.15. The van der Waals surface area contributed by atoms with E-state index in [-0.39, 0.29) is 11.8 Å². The molecule has 0 aliphatic carbocycles. The molecular weight excluding hydrogens is 130 g/mol. The van der Waals surface area contributed by atoms with Gasteiger partial charge in [-0.25, -0.2) is 5.84 Å². The van der Waals surface area contributed by atoms with E-state index in [4.69, 9.17) is 11.6 Å². The first-order chi connectivity index (χ1) is 4.63. The lowest BCUT2D eigenvalue weighted by molar-refractivity contribution is -0.123. The molecule has 0 aliphatic rings. The van der Waals surface area contributed by atoms with Crippen LogP contribution in [0.25, 0.3) is 0 Å². The molecule has 60 valence electrons. The van der Waals surface area contributed by atoms with Gasteiger partial charge in [-0.15, -0.1) is 0 Å². The molecule has 0 radical (unpaired) electrons.